The van der Waals surface area contributed by atoms with Gasteiger partial charge in [-0.05, 0) is 33.1 Å². The molecule has 0 aromatic carbocycles. The third kappa shape index (κ3) is 3.98. The van der Waals surface area contributed by atoms with Gasteiger partial charge in [0.15, 0.2) is 0 Å². The van der Waals surface area contributed by atoms with E-state index in [1.54, 1.807) is 0 Å². The Hall–Kier alpha value is -0.570. The molecule has 1 fully saturated rings. The molecule has 0 aliphatic heterocycles. The lowest BCUT2D eigenvalue weighted by atomic mass is 9.89. The van der Waals surface area contributed by atoms with Gasteiger partial charge in [0.25, 0.3) is 0 Å². The Bertz CT molecular complexity index is 232. The first-order valence-electron chi connectivity index (χ1n) is 7.09. The summed E-state index contributed by atoms with van der Waals surface area (Å²) in [5.41, 5.74) is -0.415. The van der Waals surface area contributed by atoms with Gasteiger partial charge in [0, 0.05) is 6.04 Å². The van der Waals surface area contributed by atoms with Crippen molar-refractivity contribution < 1.29 is 9.53 Å². The minimum absolute atomic E-state index is 0.0396. The molecule has 0 bridgehead atoms. The number of hydrogen-bond acceptors (Lipinski definition) is 3. The zero-order valence-corrected chi connectivity index (χ0v) is 11.6. The molecule has 0 saturated heterocycles. The van der Waals surface area contributed by atoms with Crippen LogP contribution in [-0.4, -0.2) is 24.2 Å². The maximum atomic E-state index is 12.2. The van der Waals surface area contributed by atoms with E-state index in [-0.39, 0.29) is 5.97 Å². The highest BCUT2D eigenvalue weighted by atomic mass is 16.5. The molecule has 3 nitrogen and oxygen atoms in total. The van der Waals surface area contributed by atoms with Gasteiger partial charge >= 0.3 is 5.97 Å². The van der Waals surface area contributed by atoms with Crippen molar-refractivity contribution in [3.63, 3.8) is 0 Å². The van der Waals surface area contributed by atoms with Crippen molar-refractivity contribution in [2.45, 2.75) is 77.3 Å². The molecule has 0 radical (unpaired) electrons. The number of ether oxygens (including phenoxy) is 1. The summed E-state index contributed by atoms with van der Waals surface area (Å²) < 4.78 is 5.28. The van der Waals surface area contributed by atoms with E-state index in [1.807, 2.05) is 6.92 Å². The fraction of sp³-hybridized carbons (Fsp3) is 0.929. The highest BCUT2D eigenvalue weighted by Crippen LogP contribution is 2.29. The van der Waals surface area contributed by atoms with Crippen molar-refractivity contribution in [2.24, 2.45) is 0 Å². The third-order valence-electron chi connectivity index (χ3n) is 3.76. The Morgan fingerprint density at radius 3 is 2.29 bits per heavy atom. The van der Waals surface area contributed by atoms with Gasteiger partial charge in [-0.1, -0.05) is 32.6 Å². The molecule has 0 heterocycles. The molecule has 100 valence electrons. The molecule has 3 heteroatoms. The van der Waals surface area contributed by atoms with E-state index in [4.69, 9.17) is 4.74 Å². The lowest BCUT2D eigenvalue weighted by Crippen LogP contribution is -2.55. The number of carbonyl (C=O) groups excluding carboxylic acids is 1. The summed E-state index contributed by atoms with van der Waals surface area (Å²) in [6.45, 7) is 6.65. The smallest absolute Gasteiger partial charge is 0.326 e. The van der Waals surface area contributed by atoms with Gasteiger partial charge in [-0.25, -0.2) is 0 Å². The molecule has 1 atom stereocenters. The van der Waals surface area contributed by atoms with E-state index in [9.17, 15) is 4.79 Å². The van der Waals surface area contributed by atoms with Crippen LogP contribution in [0.15, 0.2) is 0 Å². The standard InChI is InChI=1S/C14H27NO2/c1-4-12(3)15-14(13(16)17-5-2)10-8-6-7-9-11-14/h12,15H,4-11H2,1-3H3. The molecule has 1 saturated carbocycles. The Morgan fingerprint density at radius 2 is 1.82 bits per heavy atom. The van der Waals surface area contributed by atoms with Crippen LogP contribution < -0.4 is 5.32 Å². The Labute approximate surface area is 105 Å². The third-order valence-corrected chi connectivity index (χ3v) is 3.76. The molecule has 17 heavy (non-hydrogen) atoms. The summed E-state index contributed by atoms with van der Waals surface area (Å²) in [4.78, 5) is 12.2. The van der Waals surface area contributed by atoms with Crippen LogP contribution in [-0.2, 0) is 9.53 Å². The Kier molecular flexibility index (Phi) is 5.96. The number of rotatable bonds is 5. The van der Waals surface area contributed by atoms with Crippen LogP contribution in [0.5, 0.6) is 0 Å². The Balaban J connectivity index is 2.77. The molecule has 0 aromatic rings. The van der Waals surface area contributed by atoms with Gasteiger partial charge < -0.3 is 4.74 Å². The van der Waals surface area contributed by atoms with Crippen molar-refractivity contribution in [1.82, 2.24) is 5.32 Å². The van der Waals surface area contributed by atoms with Gasteiger partial charge in [0.05, 0.1) is 6.61 Å². The topological polar surface area (TPSA) is 38.3 Å². The van der Waals surface area contributed by atoms with Crippen LogP contribution in [0.3, 0.4) is 0 Å². The summed E-state index contributed by atoms with van der Waals surface area (Å²) in [6.07, 6.45) is 7.63. The van der Waals surface area contributed by atoms with Gasteiger partial charge in [-0.15, -0.1) is 0 Å². The van der Waals surface area contributed by atoms with Gasteiger partial charge in [-0.3, -0.25) is 10.1 Å². The first-order chi connectivity index (χ1) is 8.14. The summed E-state index contributed by atoms with van der Waals surface area (Å²) >= 11 is 0. The van der Waals surface area contributed by atoms with Crippen molar-refractivity contribution in [3.05, 3.63) is 0 Å². The first kappa shape index (κ1) is 14.5. The highest BCUT2D eigenvalue weighted by molar-refractivity contribution is 5.81. The van der Waals surface area contributed by atoms with E-state index in [0.717, 1.165) is 32.1 Å². The first-order valence-corrected chi connectivity index (χ1v) is 7.09. The van der Waals surface area contributed by atoms with E-state index in [1.165, 1.54) is 12.8 Å². The fourth-order valence-corrected chi connectivity index (χ4v) is 2.58. The predicted molar refractivity (Wildman–Crippen MR) is 70.0 cm³/mol. The zero-order valence-electron chi connectivity index (χ0n) is 11.6. The van der Waals surface area contributed by atoms with Crippen LogP contribution in [0.25, 0.3) is 0 Å². The Morgan fingerprint density at radius 1 is 1.24 bits per heavy atom. The molecule has 1 N–H and O–H groups in total. The molecule has 0 aromatic heterocycles. The summed E-state index contributed by atoms with van der Waals surface area (Å²) in [5.74, 6) is -0.0396. The quantitative estimate of drug-likeness (QED) is 0.594. The average Bonchev–Trinajstić information content (AvgIpc) is 2.56. The number of hydrogen-bond donors (Lipinski definition) is 1. The highest BCUT2D eigenvalue weighted by Gasteiger charge is 2.40. The van der Waals surface area contributed by atoms with Crippen LogP contribution in [0.1, 0.15) is 65.7 Å². The van der Waals surface area contributed by atoms with E-state index in [2.05, 4.69) is 19.2 Å². The minimum atomic E-state index is -0.415. The number of nitrogens with one attached hydrogen (secondary N) is 1. The maximum Gasteiger partial charge on any atom is 0.326 e. The van der Waals surface area contributed by atoms with Crippen LogP contribution in [0.2, 0.25) is 0 Å². The zero-order chi connectivity index (χ0) is 12.7. The number of carbonyl (C=O) groups is 1. The molecular formula is C14H27NO2. The van der Waals surface area contributed by atoms with E-state index >= 15 is 0 Å². The van der Waals surface area contributed by atoms with Gasteiger partial charge in [0.2, 0.25) is 0 Å². The van der Waals surface area contributed by atoms with Crippen molar-refractivity contribution >= 4 is 5.97 Å². The minimum Gasteiger partial charge on any atom is -0.465 e. The van der Waals surface area contributed by atoms with Crippen molar-refractivity contribution in [1.29, 1.82) is 0 Å². The monoisotopic (exact) mass is 241 g/mol. The van der Waals surface area contributed by atoms with E-state index in [0.29, 0.717) is 12.6 Å². The number of esters is 1. The largest absolute Gasteiger partial charge is 0.465 e. The molecule has 1 rings (SSSR count). The average molecular weight is 241 g/mol. The van der Waals surface area contributed by atoms with Crippen LogP contribution in [0, 0.1) is 0 Å². The predicted octanol–water partition coefficient (Wildman–Crippen LogP) is 3.03. The van der Waals surface area contributed by atoms with Gasteiger partial charge in [0.1, 0.15) is 5.54 Å². The van der Waals surface area contributed by atoms with Crippen molar-refractivity contribution in [3.8, 4) is 0 Å². The maximum absolute atomic E-state index is 12.2. The second kappa shape index (κ2) is 7.00. The van der Waals surface area contributed by atoms with Crippen molar-refractivity contribution in [2.75, 3.05) is 6.61 Å². The fourth-order valence-electron chi connectivity index (χ4n) is 2.58. The van der Waals surface area contributed by atoms with Gasteiger partial charge in [-0.2, -0.15) is 0 Å². The molecule has 1 aliphatic rings. The molecular weight excluding hydrogens is 214 g/mol. The van der Waals surface area contributed by atoms with E-state index < -0.39 is 5.54 Å². The lowest BCUT2D eigenvalue weighted by Gasteiger charge is -2.34. The summed E-state index contributed by atoms with van der Waals surface area (Å²) in [7, 11) is 0. The van der Waals surface area contributed by atoms with Crippen LogP contribution >= 0.6 is 0 Å². The second-order valence-electron chi connectivity index (χ2n) is 5.17. The lowest BCUT2D eigenvalue weighted by molar-refractivity contribution is -0.152. The molecule has 1 unspecified atom stereocenters. The SMILES string of the molecule is CCOC(=O)C1(NC(C)CC)CCCCCC1. The molecule has 0 amide bonds. The summed E-state index contributed by atoms with van der Waals surface area (Å²) in [6, 6.07) is 0.373. The van der Waals surface area contributed by atoms with Crippen LogP contribution in [0.4, 0.5) is 0 Å². The normalized spacial score (nSPS) is 21.6. The molecule has 1 aliphatic carbocycles. The summed E-state index contributed by atoms with van der Waals surface area (Å²) in [5, 5.41) is 3.53. The molecule has 0 spiro atoms. The second-order valence-corrected chi connectivity index (χ2v) is 5.17.